The van der Waals surface area contributed by atoms with Gasteiger partial charge in [0.1, 0.15) is 5.82 Å². The monoisotopic (exact) mass is 432 g/mol. The van der Waals surface area contributed by atoms with E-state index in [0.717, 1.165) is 13.1 Å². The van der Waals surface area contributed by atoms with E-state index in [1.165, 1.54) is 17.8 Å². The van der Waals surface area contributed by atoms with Crippen LogP contribution in [0.5, 0.6) is 0 Å². The number of amides is 1. The number of anilines is 2. The van der Waals surface area contributed by atoms with E-state index >= 15 is 0 Å². The van der Waals surface area contributed by atoms with Gasteiger partial charge in [0.2, 0.25) is 5.91 Å². The number of non-ortho nitro benzene ring substituents is 1. The van der Waals surface area contributed by atoms with Gasteiger partial charge < -0.3 is 15.1 Å². The molecule has 0 atom stereocenters. The number of benzene rings is 2. The molecule has 1 amide bonds. The molecular weight excluding hydrogens is 408 g/mol. The summed E-state index contributed by atoms with van der Waals surface area (Å²) in [4.78, 5) is 36.3. The Bertz CT molecular complexity index is 1110. The number of para-hydroxylation sites is 1. The summed E-state index contributed by atoms with van der Waals surface area (Å²) in [5.41, 5.74) is 2.40. The Morgan fingerprint density at radius 2 is 1.78 bits per heavy atom. The molecular formula is C23H24N6O3. The van der Waals surface area contributed by atoms with Gasteiger partial charge in [-0.25, -0.2) is 9.97 Å². The summed E-state index contributed by atoms with van der Waals surface area (Å²) in [6, 6.07) is 18.1. The molecule has 1 aromatic heterocycles. The molecule has 2 aromatic carbocycles. The zero-order valence-electron chi connectivity index (χ0n) is 17.8. The zero-order valence-corrected chi connectivity index (χ0v) is 17.8. The first kappa shape index (κ1) is 21.2. The standard InChI is InChI=1S/C23H24N6O3/c1-17-14-21(26-23(25-17)18-6-5-9-20(15-18)29(31)32)24-16-22(30)28-12-10-27(11-13-28)19-7-3-2-4-8-19/h2-9,14-15H,10-13,16H2,1H3,(H,24,25,26). The van der Waals surface area contributed by atoms with Crippen molar-refractivity contribution in [1.82, 2.24) is 14.9 Å². The highest BCUT2D eigenvalue weighted by Crippen LogP contribution is 2.22. The van der Waals surface area contributed by atoms with Crippen molar-refractivity contribution in [2.75, 3.05) is 42.9 Å². The summed E-state index contributed by atoms with van der Waals surface area (Å²) >= 11 is 0. The Morgan fingerprint density at radius 3 is 2.50 bits per heavy atom. The molecule has 0 aliphatic carbocycles. The molecule has 32 heavy (non-hydrogen) atoms. The van der Waals surface area contributed by atoms with Gasteiger partial charge in [0, 0.05) is 61.3 Å². The molecule has 0 spiro atoms. The number of aryl methyl sites for hydroxylation is 1. The lowest BCUT2D eigenvalue weighted by Crippen LogP contribution is -2.50. The smallest absolute Gasteiger partial charge is 0.270 e. The number of nitrogens with zero attached hydrogens (tertiary/aromatic N) is 5. The Hall–Kier alpha value is -4.01. The van der Waals surface area contributed by atoms with E-state index in [1.807, 2.05) is 30.0 Å². The van der Waals surface area contributed by atoms with Gasteiger partial charge in [-0.05, 0) is 19.1 Å². The molecule has 9 nitrogen and oxygen atoms in total. The lowest BCUT2D eigenvalue weighted by atomic mass is 10.2. The maximum Gasteiger partial charge on any atom is 0.270 e. The van der Waals surface area contributed by atoms with Crippen LogP contribution in [0.1, 0.15) is 5.69 Å². The zero-order chi connectivity index (χ0) is 22.5. The van der Waals surface area contributed by atoms with Gasteiger partial charge in [-0.1, -0.05) is 30.3 Å². The maximum absolute atomic E-state index is 12.7. The number of nitro groups is 1. The van der Waals surface area contributed by atoms with Crippen LogP contribution in [0.25, 0.3) is 11.4 Å². The van der Waals surface area contributed by atoms with Gasteiger partial charge in [-0.2, -0.15) is 0 Å². The predicted molar refractivity (Wildman–Crippen MR) is 123 cm³/mol. The largest absolute Gasteiger partial charge is 0.368 e. The SMILES string of the molecule is Cc1cc(NCC(=O)N2CCN(c3ccccc3)CC2)nc(-c2cccc([N+](=O)[O-])c2)n1. The number of carbonyl (C=O) groups is 1. The second kappa shape index (κ2) is 9.42. The number of hydrogen-bond donors (Lipinski definition) is 1. The summed E-state index contributed by atoms with van der Waals surface area (Å²) in [6.07, 6.45) is 0. The topological polar surface area (TPSA) is 105 Å². The third-order valence-electron chi connectivity index (χ3n) is 5.34. The molecule has 9 heteroatoms. The summed E-state index contributed by atoms with van der Waals surface area (Å²) in [6.45, 7) is 4.85. The summed E-state index contributed by atoms with van der Waals surface area (Å²) in [5, 5.41) is 14.1. The van der Waals surface area contributed by atoms with Gasteiger partial charge in [0.25, 0.3) is 5.69 Å². The van der Waals surface area contributed by atoms with E-state index in [-0.39, 0.29) is 18.1 Å². The first-order valence-corrected chi connectivity index (χ1v) is 10.4. The van der Waals surface area contributed by atoms with Crippen LogP contribution in [0.3, 0.4) is 0 Å². The molecule has 0 unspecified atom stereocenters. The van der Waals surface area contributed by atoms with E-state index < -0.39 is 4.92 Å². The van der Waals surface area contributed by atoms with Gasteiger partial charge in [-0.15, -0.1) is 0 Å². The number of hydrogen-bond acceptors (Lipinski definition) is 7. The number of carbonyl (C=O) groups excluding carboxylic acids is 1. The van der Waals surface area contributed by atoms with E-state index in [4.69, 9.17) is 0 Å². The summed E-state index contributed by atoms with van der Waals surface area (Å²) < 4.78 is 0. The van der Waals surface area contributed by atoms with Gasteiger partial charge >= 0.3 is 0 Å². The number of aromatic nitrogens is 2. The second-order valence-corrected chi connectivity index (χ2v) is 7.58. The molecule has 164 valence electrons. The normalized spacial score (nSPS) is 13.7. The lowest BCUT2D eigenvalue weighted by Gasteiger charge is -2.36. The highest BCUT2D eigenvalue weighted by molar-refractivity contribution is 5.81. The number of nitrogens with one attached hydrogen (secondary N) is 1. The Kier molecular flexibility index (Phi) is 6.25. The Balaban J connectivity index is 1.37. The fraction of sp³-hybridized carbons (Fsp3) is 0.261. The second-order valence-electron chi connectivity index (χ2n) is 7.58. The molecule has 4 rings (SSSR count). The van der Waals surface area contributed by atoms with Crippen LogP contribution in [0.2, 0.25) is 0 Å². The minimum atomic E-state index is -0.450. The van der Waals surface area contributed by atoms with Crippen molar-refractivity contribution >= 4 is 23.1 Å². The number of piperazine rings is 1. The van der Waals surface area contributed by atoms with Crippen LogP contribution in [0.4, 0.5) is 17.2 Å². The Labute approximate surface area is 185 Å². The van der Waals surface area contributed by atoms with Gasteiger partial charge in [-0.3, -0.25) is 14.9 Å². The predicted octanol–water partition coefficient (Wildman–Crippen LogP) is 3.12. The van der Waals surface area contributed by atoms with Crippen molar-refractivity contribution in [3.8, 4) is 11.4 Å². The first-order valence-electron chi connectivity index (χ1n) is 10.4. The third kappa shape index (κ3) is 5.00. The molecule has 2 heterocycles. The van der Waals surface area contributed by atoms with Crippen LogP contribution in [0.15, 0.2) is 60.7 Å². The maximum atomic E-state index is 12.7. The van der Waals surface area contributed by atoms with E-state index in [2.05, 4.69) is 32.3 Å². The quantitative estimate of drug-likeness (QED) is 0.471. The van der Waals surface area contributed by atoms with Crippen LogP contribution in [-0.4, -0.2) is 58.4 Å². The molecule has 1 aliphatic heterocycles. The van der Waals surface area contributed by atoms with Crippen LogP contribution in [0, 0.1) is 17.0 Å². The molecule has 1 aliphatic rings. The average Bonchev–Trinajstić information content (AvgIpc) is 2.83. The van der Waals surface area contributed by atoms with E-state index in [9.17, 15) is 14.9 Å². The molecule has 0 bridgehead atoms. The molecule has 0 saturated carbocycles. The molecule has 0 radical (unpaired) electrons. The van der Waals surface area contributed by atoms with Crippen molar-refractivity contribution in [2.24, 2.45) is 0 Å². The third-order valence-corrected chi connectivity index (χ3v) is 5.34. The minimum absolute atomic E-state index is 0.00544. The van der Waals surface area contributed by atoms with Gasteiger partial charge in [0.05, 0.1) is 11.5 Å². The van der Waals surface area contributed by atoms with Crippen molar-refractivity contribution in [1.29, 1.82) is 0 Å². The fourth-order valence-electron chi connectivity index (χ4n) is 3.68. The van der Waals surface area contributed by atoms with Crippen LogP contribution in [-0.2, 0) is 4.79 Å². The average molecular weight is 432 g/mol. The molecule has 1 fully saturated rings. The molecule has 3 aromatic rings. The van der Waals surface area contributed by atoms with Crippen molar-refractivity contribution in [2.45, 2.75) is 6.92 Å². The summed E-state index contributed by atoms with van der Waals surface area (Å²) in [5.74, 6) is 0.890. The summed E-state index contributed by atoms with van der Waals surface area (Å²) in [7, 11) is 0. The van der Waals surface area contributed by atoms with Crippen LogP contribution >= 0.6 is 0 Å². The number of rotatable bonds is 6. The van der Waals surface area contributed by atoms with E-state index in [1.54, 1.807) is 18.2 Å². The van der Waals surface area contributed by atoms with Crippen LogP contribution < -0.4 is 10.2 Å². The van der Waals surface area contributed by atoms with Crippen molar-refractivity contribution in [3.63, 3.8) is 0 Å². The van der Waals surface area contributed by atoms with E-state index in [0.29, 0.717) is 36.0 Å². The fourth-order valence-corrected chi connectivity index (χ4v) is 3.68. The van der Waals surface area contributed by atoms with Crippen molar-refractivity contribution < 1.29 is 9.72 Å². The molecule has 1 N–H and O–H groups in total. The highest BCUT2D eigenvalue weighted by Gasteiger charge is 2.21. The first-order chi connectivity index (χ1) is 15.5. The Morgan fingerprint density at radius 1 is 1.03 bits per heavy atom. The minimum Gasteiger partial charge on any atom is -0.368 e. The molecule has 1 saturated heterocycles. The van der Waals surface area contributed by atoms with Crippen molar-refractivity contribution in [3.05, 3.63) is 76.5 Å². The highest BCUT2D eigenvalue weighted by atomic mass is 16.6. The lowest BCUT2D eigenvalue weighted by molar-refractivity contribution is -0.384. The number of nitro benzene ring substituents is 1. The van der Waals surface area contributed by atoms with Gasteiger partial charge in [0.15, 0.2) is 5.82 Å².